The number of nitriles is 1. The van der Waals surface area contributed by atoms with E-state index in [0.717, 1.165) is 10.4 Å². The summed E-state index contributed by atoms with van der Waals surface area (Å²) in [5.41, 5.74) is 3.70. The summed E-state index contributed by atoms with van der Waals surface area (Å²) in [6, 6.07) is 15.3. The fraction of sp³-hybridized carbons (Fsp3) is 0. The number of nitrogens with zero attached hydrogens (tertiary/aromatic N) is 3. The van der Waals surface area contributed by atoms with Crippen LogP contribution in [-0.4, -0.2) is 11.2 Å². The van der Waals surface area contributed by atoms with Crippen LogP contribution in [0.4, 0.5) is 5.88 Å². The van der Waals surface area contributed by atoms with Crippen LogP contribution in [-0.2, 0) is 0 Å². The number of hydrogen-bond donors (Lipinski definition) is 1. The Morgan fingerprint density at radius 3 is 2.81 bits per heavy atom. The highest BCUT2D eigenvalue weighted by Crippen LogP contribution is 2.24. The van der Waals surface area contributed by atoms with Crippen molar-refractivity contribution < 1.29 is 4.42 Å². The molecule has 6 heteroatoms. The SMILES string of the molecule is N#Cc1nc(-c2ccccc2)oc1N/N=C\c1cccs1. The van der Waals surface area contributed by atoms with Crippen LogP contribution in [0.1, 0.15) is 10.6 Å². The third-order valence-corrected chi connectivity index (χ3v) is 3.46. The normalized spacial score (nSPS) is 10.6. The van der Waals surface area contributed by atoms with Crippen molar-refractivity contribution >= 4 is 23.4 Å². The number of aromatic nitrogens is 1. The van der Waals surface area contributed by atoms with Gasteiger partial charge in [0.05, 0.1) is 6.21 Å². The standard InChI is InChI=1S/C15H10N4OS/c16-9-13-15(19-17-10-12-7-4-8-21-12)20-14(18-13)11-5-2-1-3-6-11/h1-8,10,19H/b17-10-. The van der Waals surface area contributed by atoms with Crippen molar-refractivity contribution in [2.24, 2.45) is 5.10 Å². The third-order valence-electron chi connectivity index (χ3n) is 2.65. The second kappa shape index (κ2) is 6.03. The summed E-state index contributed by atoms with van der Waals surface area (Å²) >= 11 is 1.57. The van der Waals surface area contributed by atoms with Gasteiger partial charge >= 0.3 is 0 Å². The Hall–Kier alpha value is -2.91. The Morgan fingerprint density at radius 2 is 2.10 bits per heavy atom. The van der Waals surface area contributed by atoms with Crippen molar-refractivity contribution in [1.82, 2.24) is 4.98 Å². The van der Waals surface area contributed by atoms with Crippen molar-refractivity contribution in [3.63, 3.8) is 0 Å². The molecule has 0 saturated heterocycles. The van der Waals surface area contributed by atoms with Gasteiger partial charge in [0, 0.05) is 10.4 Å². The molecule has 2 aromatic heterocycles. The average Bonchev–Trinajstić information content (AvgIpc) is 3.18. The number of hydrogen-bond acceptors (Lipinski definition) is 6. The van der Waals surface area contributed by atoms with E-state index in [4.69, 9.17) is 9.68 Å². The zero-order valence-electron chi connectivity index (χ0n) is 10.9. The average molecular weight is 294 g/mol. The maximum atomic E-state index is 9.10. The van der Waals surface area contributed by atoms with Crippen molar-refractivity contribution in [2.45, 2.75) is 0 Å². The summed E-state index contributed by atoms with van der Waals surface area (Å²) in [4.78, 5) is 5.16. The summed E-state index contributed by atoms with van der Waals surface area (Å²) in [6.07, 6.45) is 1.66. The van der Waals surface area contributed by atoms with E-state index in [-0.39, 0.29) is 11.6 Å². The second-order valence-electron chi connectivity index (χ2n) is 4.06. The Bertz CT molecular complexity index is 785. The molecule has 0 fully saturated rings. The van der Waals surface area contributed by atoms with Crippen molar-refractivity contribution in [1.29, 1.82) is 5.26 Å². The quantitative estimate of drug-likeness (QED) is 0.588. The third kappa shape index (κ3) is 2.99. The zero-order chi connectivity index (χ0) is 14.5. The lowest BCUT2D eigenvalue weighted by atomic mass is 10.2. The molecule has 5 nitrogen and oxygen atoms in total. The highest BCUT2D eigenvalue weighted by atomic mass is 32.1. The molecule has 0 unspecified atom stereocenters. The molecule has 0 aliphatic heterocycles. The number of thiophene rings is 1. The summed E-state index contributed by atoms with van der Waals surface area (Å²) < 4.78 is 5.56. The molecule has 1 aromatic carbocycles. The van der Waals surface area contributed by atoms with E-state index in [1.54, 1.807) is 17.6 Å². The van der Waals surface area contributed by atoms with Gasteiger partial charge in [-0.15, -0.1) is 11.3 Å². The van der Waals surface area contributed by atoms with Crippen molar-refractivity contribution in [2.75, 3.05) is 5.43 Å². The van der Waals surface area contributed by atoms with Crippen LogP contribution in [0.2, 0.25) is 0 Å². The van der Waals surface area contributed by atoms with Crippen LogP contribution in [0.5, 0.6) is 0 Å². The maximum Gasteiger partial charge on any atom is 0.252 e. The van der Waals surface area contributed by atoms with Gasteiger partial charge < -0.3 is 4.42 Å². The Balaban J connectivity index is 1.82. The van der Waals surface area contributed by atoms with E-state index < -0.39 is 0 Å². The Kier molecular flexibility index (Phi) is 3.76. The molecule has 3 aromatic rings. The second-order valence-corrected chi connectivity index (χ2v) is 5.04. The lowest BCUT2D eigenvalue weighted by Gasteiger charge is -1.94. The van der Waals surface area contributed by atoms with Gasteiger partial charge in [0.1, 0.15) is 6.07 Å². The van der Waals surface area contributed by atoms with Crippen LogP contribution >= 0.6 is 11.3 Å². The summed E-state index contributed by atoms with van der Waals surface area (Å²) in [5.74, 6) is 0.630. The number of rotatable bonds is 4. The molecular formula is C15H10N4OS. The smallest absolute Gasteiger partial charge is 0.252 e. The predicted octanol–water partition coefficient (Wildman–Crippen LogP) is 3.72. The highest BCUT2D eigenvalue weighted by molar-refractivity contribution is 7.11. The zero-order valence-corrected chi connectivity index (χ0v) is 11.7. The maximum absolute atomic E-state index is 9.10. The van der Waals surface area contributed by atoms with E-state index in [2.05, 4.69) is 15.5 Å². The monoisotopic (exact) mass is 294 g/mol. The summed E-state index contributed by atoms with van der Waals surface area (Å²) in [5, 5.41) is 15.1. The van der Waals surface area contributed by atoms with Crippen molar-refractivity contribution in [3.05, 3.63) is 58.4 Å². The molecule has 1 N–H and O–H groups in total. The van der Waals surface area contributed by atoms with Crippen molar-refractivity contribution in [3.8, 4) is 17.5 Å². The molecule has 3 rings (SSSR count). The van der Waals surface area contributed by atoms with Crippen LogP contribution in [0.25, 0.3) is 11.5 Å². The van der Waals surface area contributed by atoms with Gasteiger partial charge in [-0.3, -0.25) is 0 Å². The summed E-state index contributed by atoms with van der Waals surface area (Å²) in [6.45, 7) is 0. The number of nitrogens with one attached hydrogen (secondary N) is 1. The highest BCUT2D eigenvalue weighted by Gasteiger charge is 2.13. The molecule has 0 saturated carbocycles. The molecule has 0 spiro atoms. The minimum absolute atomic E-state index is 0.178. The molecule has 21 heavy (non-hydrogen) atoms. The summed E-state index contributed by atoms with van der Waals surface area (Å²) in [7, 11) is 0. The van der Waals surface area contributed by atoms with E-state index in [0.29, 0.717) is 5.89 Å². The first-order valence-corrected chi connectivity index (χ1v) is 7.04. The molecule has 0 amide bonds. The Morgan fingerprint density at radius 1 is 1.24 bits per heavy atom. The van der Waals surface area contributed by atoms with Gasteiger partial charge in [-0.1, -0.05) is 24.3 Å². The van der Waals surface area contributed by atoms with Crippen LogP contribution in [0, 0.1) is 11.3 Å². The predicted molar refractivity (Wildman–Crippen MR) is 82.2 cm³/mol. The molecular weight excluding hydrogens is 284 g/mol. The molecule has 2 heterocycles. The number of oxazole rings is 1. The first-order chi connectivity index (χ1) is 10.4. The van der Waals surface area contributed by atoms with E-state index in [9.17, 15) is 0 Å². The fourth-order valence-corrected chi connectivity index (χ4v) is 2.28. The molecule has 0 aliphatic carbocycles. The van der Waals surface area contributed by atoms with Gasteiger partial charge in [-0.2, -0.15) is 15.3 Å². The Labute approximate surface area is 125 Å². The largest absolute Gasteiger partial charge is 0.417 e. The van der Waals surface area contributed by atoms with Gasteiger partial charge in [0.15, 0.2) is 0 Å². The lowest BCUT2D eigenvalue weighted by Crippen LogP contribution is -1.90. The number of anilines is 1. The van der Waals surface area contributed by atoms with Gasteiger partial charge in [-0.05, 0) is 23.6 Å². The first-order valence-electron chi connectivity index (χ1n) is 6.16. The fourth-order valence-electron chi connectivity index (χ4n) is 1.70. The molecule has 0 aliphatic rings. The van der Waals surface area contributed by atoms with Gasteiger partial charge in [0.2, 0.25) is 11.6 Å². The van der Waals surface area contributed by atoms with Crippen LogP contribution in [0.15, 0.2) is 57.4 Å². The molecule has 0 atom stereocenters. The topological polar surface area (TPSA) is 74.2 Å². The lowest BCUT2D eigenvalue weighted by molar-refractivity contribution is 0.587. The number of hydrazone groups is 1. The van der Waals surface area contributed by atoms with Gasteiger partial charge in [0.25, 0.3) is 5.88 Å². The van der Waals surface area contributed by atoms with Crippen LogP contribution in [0.3, 0.4) is 0 Å². The molecule has 0 bridgehead atoms. The minimum Gasteiger partial charge on any atom is -0.417 e. The number of benzene rings is 1. The molecule has 0 radical (unpaired) electrons. The first kappa shape index (κ1) is 13.1. The van der Waals surface area contributed by atoms with E-state index in [1.165, 1.54) is 0 Å². The minimum atomic E-state index is 0.178. The van der Waals surface area contributed by atoms with Crippen LogP contribution < -0.4 is 5.43 Å². The molecule has 102 valence electrons. The van der Waals surface area contributed by atoms with E-state index in [1.807, 2.05) is 53.9 Å². The van der Waals surface area contributed by atoms with E-state index >= 15 is 0 Å². The van der Waals surface area contributed by atoms with Gasteiger partial charge in [-0.25, -0.2) is 5.43 Å².